The van der Waals surface area contributed by atoms with Gasteiger partial charge in [-0.3, -0.25) is 0 Å². The number of rotatable bonds is 3. The number of methoxy groups -OCH3 is 2. The maximum atomic E-state index is 8.35. The maximum Gasteiger partial charge on any atom is 0.231 e. The molecule has 2 N–H and O–H groups in total. The summed E-state index contributed by atoms with van der Waals surface area (Å²) >= 11 is 0. The molecule has 2 aromatic rings. The number of isocyanates is 2. The molecule has 6 nitrogen and oxygen atoms in total. The highest BCUT2D eigenvalue weighted by Crippen LogP contribution is 2.37. The van der Waals surface area contributed by atoms with E-state index in [1.165, 1.54) is 0 Å². The van der Waals surface area contributed by atoms with Crippen molar-refractivity contribution in [2.75, 3.05) is 14.2 Å². The van der Waals surface area contributed by atoms with Crippen molar-refractivity contribution in [3.05, 3.63) is 48.5 Å². The zero-order chi connectivity index (χ0) is 16.8. The van der Waals surface area contributed by atoms with Crippen molar-refractivity contribution in [2.45, 2.75) is 0 Å². The fourth-order valence-corrected chi connectivity index (χ4v) is 1.73. The second-order valence-corrected chi connectivity index (χ2v) is 3.61. The third kappa shape index (κ3) is 5.84. The average molecular weight is 300 g/mol. The molecule has 22 heavy (non-hydrogen) atoms. The zero-order valence-corrected chi connectivity index (χ0v) is 12.3. The highest BCUT2D eigenvalue weighted by molar-refractivity contribution is 5.73. The van der Waals surface area contributed by atoms with Crippen LogP contribution in [0.4, 0.5) is 0 Å². The summed E-state index contributed by atoms with van der Waals surface area (Å²) in [5.74, 6) is 1.53. The maximum absolute atomic E-state index is 8.35. The Balaban J connectivity index is 0.000000639. The van der Waals surface area contributed by atoms with E-state index < -0.39 is 0 Å². The number of ether oxygens (including phenoxy) is 2. The monoisotopic (exact) mass is 300 g/mol. The predicted octanol–water partition coefficient (Wildman–Crippen LogP) is 3.17. The highest BCUT2D eigenvalue weighted by Gasteiger charge is 2.10. The van der Waals surface area contributed by atoms with Crippen LogP contribution in [0.2, 0.25) is 0 Å². The van der Waals surface area contributed by atoms with Gasteiger partial charge in [-0.15, -0.1) is 0 Å². The Kier molecular flexibility index (Phi) is 9.92. The van der Waals surface area contributed by atoms with Crippen LogP contribution in [0.3, 0.4) is 0 Å². The average Bonchev–Trinajstić information content (AvgIpc) is 2.56. The van der Waals surface area contributed by atoms with Crippen molar-refractivity contribution in [1.82, 2.24) is 0 Å². The molecular formula is C16H16N2O4. The van der Waals surface area contributed by atoms with Gasteiger partial charge >= 0.3 is 0 Å². The van der Waals surface area contributed by atoms with Gasteiger partial charge in [-0.1, -0.05) is 42.5 Å². The van der Waals surface area contributed by atoms with E-state index in [1.807, 2.05) is 36.4 Å². The summed E-state index contributed by atoms with van der Waals surface area (Å²) in [4.78, 5) is 16.7. The molecule has 0 fully saturated rings. The predicted molar refractivity (Wildman–Crippen MR) is 81.8 cm³/mol. The summed E-state index contributed by atoms with van der Waals surface area (Å²) in [5, 5.41) is 10.8. The summed E-state index contributed by atoms with van der Waals surface area (Å²) in [6.45, 7) is 0. The molecule has 0 unspecified atom stereocenters. The van der Waals surface area contributed by atoms with Crippen LogP contribution < -0.4 is 9.47 Å². The molecule has 2 aromatic carbocycles. The van der Waals surface area contributed by atoms with Gasteiger partial charge in [0.15, 0.2) is 11.5 Å². The molecule has 0 saturated heterocycles. The lowest BCUT2D eigenvalue weighted by Crippen LogP contribution is -1.92. The molecule has 0 spiro atoms. The lowest BCUT2D eigenvalue weighted by Gasteiger charge is -2.12. The number of carbonyl (C=O) groups excluding carboxylic acids is 2. The standard InChI is InChI=1S/C14H14O2.2CHNO/c1-15-13-10-6-9-12(14(13)16-2)11-7-4-3-5-8-11;2*2-1-3/h3-10H,1-2H3;2*2H. The van der Waals surface area contributed by atoms with Crippen molar-refractivity contribution in [1.29, 1.82) is 10.8 Å². The van der Waals surface area contributed by atoms with Crippen LogP contribution in [0, 0.1) is 10.8 Å². The molecular weight excluding hydrogens is 284 g/mol. The Bertz CT molecular complexity index is 618. The van der Waals surface area contributed by atoms with Crippen molar-refractivity contribution in [2.24, 2.45) is 0 Å². The van der Waals surface area contributed by atoms with E-state index >= 15 is 0 Å². The molecule has 114 valence electrons. The molecule has 0 aliphatic carbocycles. The topological polar surface area (TPSA) is 100 Å². The fourth-order valence-electron chi connectivity index (χ4n) is 1.73. The SMILES string of the molecule is COc1cccc(-c2ccccc2)c1OC.N=C=O.N=C=O. The van der Waals surface area contributed by atoms with Crippen molar-refractivity contribution in [3.8, 4) is 22.6 Å². The minimum atomic E-state index is 0.750. The Labute approximate surface area is 128 Å². The first-order valence-corrected chi connectivity index (χ1v) is 6.04. The molecule has 0 bridgehead atoms. The third-order valence-corrected chi connectivity index (χ3v) is 2.49. The molecule has 0 atom stereocenters. The van der Waals surface area contributed by atoms with Gasteiger partial charge in [0.1, 0.15) is 0 Å². The summed E-state index contributed by atoms with van der Waals surface area (Å²) in [5.41, 5.74) is 2.17. The van der Waals surface area contributed by atoms with Crippen LogP contribution >= 0.6 is 0 Å². The molecule has 0 aromatic heterocycles. The lowest BCUT2D eigenvalue weighted by molar-refractivity contribution is 0.356. The molecule has 0 amide bonds. The van der Waals surface area contributed by atoms with E-state index in [-0.39, 0.29) is 0 Å². The molecule has 6 heteroatoms. The van der Waals surface area contributed by atoms with Gasteiger partial charge in [0.05, 0.1) is 14.2 Å². The number of hydrogen-bond donors (Lipinski definition) is 2. The second kappa shape index (κ2) is 11.6. The molecule has 0 radical (unpaired) electrons. The highest BCUT2D eigenvalue weighted by atomic mass is 16.5. The molecule has 0 heterocycles. The number of para-hydroxylation sites is 1. The Morgan fingerprint density at radius 1 is 0.818 bits per heavy atom. The summed E-state index contributed by atoms with van der Waals surface area (Å²) in [6, 6.07) is 16.0. The fraction of sp³-hybridized carbons (Fsp3) is 0.125. The number of nitrogens with one attached hydrogen (secondary N) is 2. The van der Waals surface area contributed by atoms with Crippen LogP contribution in [0.25, 0.3) is 11.1 Å². The van der Waals surface area contributed by atoms with E-state index in [9.17, 15) is 0 Å². The number of hydrogen-bond acceptors (Lipinski definition) is 6. The van der Waals surface area contributed by atoms with Gasteiger partial charge in [-0.25, -0.2) is 20.4 Å². The van der Waals surface area contributed by atoms with E-state index in [2.05, 4.69) is 12.1 Å². The first kappa shape index (κ1) is 18.8. The summed E-state index contributed by atoms with van der Waals surface area (Å²) in [6.07, 6.45) is 1.50. The van der Waals surface area contributed by atoms with Crippen LogP contribution in [0.15, 0.2) is 48.5 Å². The third-order valence-electron chi connectivity index (χ3n) is 2.49. The quantitative estimate of drug-likeness (QED) is 0.671. The molecule has 2 rings (SSSR count). The number of benzene rings is 2. The normalized spacial score (nSPS) is 7.91. The van der Waals surface area contributed by atoms with E-state index in [4.69, 9.17) is 29.9 Å². The van der Waals surface area contributed by atoms with Gasteiger partial charge < -0.3 is 9.47 Å². The minimum Gasteiger partial charge on any atom is -0.493 e. The summed E-state index contributed by atoms with van der Waals surface area (Å²) in [7, 11) is 3.30. The Morgan fingerprint density at radius 3 is 1.82 bits per heavy atom. The van der Waals surface area contributed by atoms with E-state index in [0.717, 1.165) is 34.8 Å². The minimum absolute atomic E-state index is 0.750. The van der Waals surface area contributed by atoms with Crippen LogP contribution in [0.5, 0.6) is 11.5 Å². The lowest BCUT2D eigenvalue weighted by atomic mass is 10.0. The van der Waals surface area contributed by atoms with Gasteiger partial charge in [0, 0.05) is 5.56 Å². The van der Waals surface area contributed by atoms with Gasteiger partial charge in [-0.2, -0.15) is 0 Å². The first-order chi connectivity index (χ1) is 10.7. The van der Waals surface area contributed by atoms with Crippen molar-refractivity contribution >= 4 is 12.2 Å². The van der Waals surface area contributed by atoms with Crippen LogP contribution in [0.1, 0.15) is 0 Å². The smallest absolute Gasteiger partial charge is 0.231 e. The van der Waals surface area contributed by atoms with Gasteiger partial charge in [0.2, 0.25) is 12.2 Å². The van der Waals surface area contributed by atoms with Crippen molar-refractivity contribution in [3.63, 3.8) is 0 Å². The molecule has 0 saturated carbocycles. The van der Waals surface area contributed by atoms with Crippen LogP contribution in [-0.2, 0) is 9.59 Å². The first-order valence-electron chi connectivity index (χ1n) is 6.04. The van der Waals surface area contributed by atoms with E-state index in [1.54, 1.807) is 14.2 Å². The Hall–Kier alpha value is -3.20. The zero-order valence-electron chi connectivity index (χ0n) is 12.3. The van der Waals surface area contributed by atoms with E-state index in [0.29, 0.717) is 0 Å². The Morgan fingerprint density at radius 2 is 1.36 bits per heavy atom. The largest absolute Gasteiger partial charge is 0.493 e. The van der Waals surface area contributed by atoms with Crippen LogP contribution in [-0.4, -0.2) is 26.4 Å². The second-order valence-electron chi connectivity index (χ2n) is 3.61. The van der Waals surface area contributed by atoms with Gasteiger partial charge in [-0.05, 0) is 11.6 Å². The van der Waals surface area contributed by atoms with Crippen molar-refractivity contribution < 1.29 is 19.1 Å². The summed E-state index contributed by atoms with van der Waals surface area (Å²) < 4.78 is 10.7. The van der Waals surface area contributed by atoms with Gasteiger partial charge in [0.25, 0.3) is 0 Å². The molecule has 0 aliphatic rings. The molecule has 0 aliphatic heterocycles.